The molecule has 0 saturated carbocycles. The van der Waals surface area contributed by atoms with Gasteiger partial charge >= 0.3 is 0 Å². The summed E-state index contributed by atoms with van der Waals surface area (Å²) >= 11 is 1.50. The molecule has 8 heteroatoms. The first-order valence-electron chi connectivity index (χ1n) is 11.5. The van der Waals surface area contributed by atoms with Gasteiger partial charge in [-0.05, 0) is 36.4 Å². The van der Waals surface area contributed by atoms with E-state index in [0.29, 0.717) is 6.54 Å². The minimum absolute atomic E-state index is 0.122. The van der Waals surface area contributed by atoms with E-state index in [0.717, 1.165) is 65.7 Å². The van der Waals surface area contributed by atoms with E-state index in [2.05, 4.69) is 23.8 Å². The first-order chi connectivity index (χ1) is 16.2. The van der Waals surface area contributed by atoms with E-state index < -0.39 is 0 Å². The van der Waals surface area contributed by atoms with Crippen molar-refractivity contribution in [3.8, 4) is 5.69 Å². The number of hydrogen-bond donors (Lipinski definition) is 0. The van der Waals surface area contributed by atoms with Crippen LogP contribution in [0.2, 0.25) is 0 Å². The van der Waals surface area contributed by atoms with E-state index >= 15 is 0 Å². The van der Waals surface area contributed by atoms with Gasteiger partial charge in [-0.2, -0.15) is 5.10 Å². The number of thiophene rings is 1. The third-order valence-electron chi connectivity index (χ3n) is 6.29. The molecule has 1 saturated heterocycles. The van der Waals surface area contributed by atoms with Gasteiger partial charge in [0.05, 0.1) is 22.1 Å². The van der Waals surface area contributed by atoms with Crippen molar-refractivity contribution >= 4 is 34.1 Å². The van der Waals surface area contributed by atoms with E-state index in [1.54, 1.807) is 0 Å². The molecule has 4 aromatic rings. The molecule has 1 aromatic carbocycles. The van der Waals surface area contributed by atoms with Crippen molar-refractivity contribution in [1.29, 1.82) is 0 Å². The Morgan fingerprint density at radius 3 is 2.67 bits per heavy atom. The summed E-state index contributed by atoms with van der Waals surface area (Å²) in [6, 6.07) is 13.9. The van der Waals surface area contributed by atoms with Gasteiger partial charge in [0.25, 0.3) is 5.91 Å². The van der Waals surface area contributed by atoms with E-state index in [1.165, 1.54) is 11.3 Å². The number of para-hydroxylation sites is 1. The van der Waals surface area contributed by atoms with Gasteiger partial charge in [-0.25, -0.2) is 14.6 Å². The van der Waals surface area contributed by atoms with Crippen LogP contribution in [0.3, 0.4) is 0 Å². The Labute approximate surface area is 197 Å². The van der Waals surface area contributed by atoms with Crippen molar-refractivity contribution in [2.45, 2.75) is 32.6 Å². The summed E-state index contributed by atoms with van der Waals surface area (Å²) in [5.74, 6) is 2.13. The molecule has 4 heterocycles. The number of hydrogen-bond acceptors (Lipinski definition) is 6. The lowest BCUT2D eigenvalue weighted by atomic mass is 10.1. The maximum atomic E-state index is 12.9. The van der Waals surface area contributed by atoms with E-state index in [9.17, 15) is 4.79 Å². The Morgan fingerprint density at radius 1 is 1.06 bits per heavy atom. The number of nitrogens with zero attached hydrogens (tertiary/aromatic N) is 6. The van der Waals surface area contributed by atoms with Crippen LogP contribution < -0.4 is 4.90 Å². The van der Waals surface area contributed by atoms with E-state index in [1.807, 2.05) is 63.6 Å². The smallest absolute Gasteiger partial charge is 0.263 e. The predicted molar refractivity (Wildman–Crippen MR) is 132 cm³/mol. The average Bonchev–Trinajstić information content (AvgIpc) is 3.48. The Bertz CT molecular complexity index is 1240. The van der Waals surface area contributed by atoms with Gasteiger partial charge in [0, 0.05) is 32.1 Å². The first-order valence-corrected chi connectivity index (χ1v) is 12.4. The number of amides is 1. The molecule has 0 bridgehead atoms. The Balaban J connectivity index is 1.50. The highest BCUT2D eigenvalue weighted by Crippen LogP contribution is 2.29. The molecule has 170 valence electrons. The van der Waals surface area contributed by atoms with E-state index in [4.69, 9.17) is 9.97 Å². The number of rotatable bonds is 5. The third kappa shape index (κ3) is 4.23. The van der Waals surface area contributed by atoms with E-state index in [-0.39, 0.29) is 11.8 Å². The van der Waals surface area contributed by atoms with Crippen LogP contribution in [0, 0.1) is 0 Å². The number of benzene rings is 1. The highest BCUT2D eigenvalue weighted by molar-refractivity contribution is 7.12. The van der Waals surface area contributed by atoms with Crippen LogP contribution in [0.15, 0.2) is 54.0 Å². The SMILES string of the molecule is CC[C@H](C)c1nc(N2CCCN(C(=O)c3cccs3)CC2)c2cnn(-c3ccccc3)c2n1. The highest BCUT2D eigenvalue weighted by atomic mass is 32.1. The summed E-state index contributed by atoms with van der Waals surface area (Å²) in [6.07, 6.45) is 3.74. The monoisotopic (exact) mass is 460 g/mol. The van der Waals surface area contributed by atoms with Crippen LogP contribution in [-0.2, 0) is 0 Å². The van der Waals surface area contributed by atoms with Crippen molar-refractivity contribution in [3.63, 3.8) is 0 Å². The second kappa shape index (κ2) is 9.31. The second-order valence-corrected chi connectivity index (χ2v) is 9.40. The number of carbonyl (C=O) groups excluding carboxylic acids is 1. The minimum Gasteiger partial charge on any atom is -0.354 e. The normalized spacial score (nSPS) is 15.6. The zero-order valence-corrected chi connectivity index (χ0v) is 19.8. The number of anilines is 1. The molecule has 1 fully saturated rings. The Kier molecular flexibility index (Phi) is 6.09. The summed E-state index contributed by atoms with van der Waals surface area (Å²) in [6.45, 7) is 7.33. The third-order valence-corrected chi connectivity index (χ3v) is 7.15. The fourth-order valence-corrected chi connectivity index (χ4v) is 4.89. The molecule has 0 radical (unpaired) electrons. The molecule has 1 aliphatic rings. The van der Waals surface area contributed by atoms with Crippen molar-refractivity contribution in [2.24, 2.45) is 0 Å². The minimum atomic E-state index is 0.122. The molecule has 1 atom stereocenters. The highest BCUT2D eigenvalue weighted by Gasteiger charge is 2.25. The number of carbonyl (C=O) groups is 1. The molecule has 0 spiro atoms. The van der Waals surface area contributed by atoms with Crippen LogP contribution >= 0.6 is 11.3 Å². The van der Waals surface area contributed by atoms with Crippen molar-refractivity contribution in [2.75, 3.05) is 31.1 Å². The fraction of sp³-hybridized carbons (Fsp3) is 0.360. The molecule has 1 aliphatic heterocycles. The average molecular weight is 461 g/mol. The molecule has 3 aromatic heterocycles. The summed E-state index contributed by atoms with van der Waals surface area (Å²) in [5.41, 5.74) is 1.81. The van der Waals surface area contributed by atoms with Crippen LogP contribution in [0.4, 0.5) is 5.82 Å². The Hall–Kier alpha value is -3.26. The second-order valence-electron chi connectivity index (χ2n) is 8.45. The number of fused-ring (bicyclic) bond motifs is 1. The summed E-state index contributed by atoms with van der Waals surface area (Å²) < 4.78 is 1.90. The number of aromatic nitrogens is 4. The van der Waals surface area contributed by atoms with Crippen LogP contribution in [0.25, 0.3) is 16.7 Å². The zero-order chi connectivity index (χ0) is 22.8. The first kappa shape index (κ1) is 21.6. The molecule has 33 heavy (non-hydrogen) atoms. The predicted octanol–water partition coefficient (Wildman–Crippen LogP) is 4.74. The summed E-state index contributed by atoms with van der Waals surface area (Å²) in [5, 5.41) is 7.57. The molecule has 0 unspecified atom stereocenters. The lowest BCUT2D eigenvalue weighted by Crippen LogP contribution is -2.35. The molecular weight excluding hydrogens is 432 g/mol. The molecule has 0 N–H and O–H groups in total. The summed E-state index contributed by atoms with van der Waals surface area (Å²) in [7, 11) is 0. The van der Waals surface area contributed by atoms with Crippen molar-refractivity contribution < 1.29 is 4.79 Å². The van der Waals surface area contributed by atoms with Crippen LogP contribution in [0.5, 0.6) is 0 Å². The van der Waals surface area contributed by atoms with Gasteiger partial charge in [-0.15, -0.1) is 11.3 Å². The molecule has 5 rings (SSSR count). The van der Waals surface area contributed by atoms with Gasteiger partial charge in [0.2, 0.25) is 0 Å². The molecular formula is C25H28N6OS. The molecule has 1 amide bonds. The zero-order valence-electron chi connectivity index (χ0n) is 19.0. The van der Waals surface area contributed by atoms with Gasteiger partial charge in [-0.1, -0.05) is 38.1 Å². The largest absolute Gasteiger partial charge is 0.354 e. The maximum Gasteiger partial charge on any atom is 0.263 e. The molecule has 7 nitrogen and oxygen atoms in total. The van der Waals surface area contributed by atoms with Gasteiger partial charge < -0.3 is 9.80 Å². The molecule has 0 aliphatic carbocycles. The maximum absolute atomic E-state index is 12.9. The van der Waals surface area contributed by atoms with Gasteiger partial charge in [-0.3, -0.25) is 4.79 Å². The van der Waals surface area contributed by atoms with Crippen molar-refractivity contribution in [1.82, 2.24) is 24.6 Å². The lowest BCUT2D eigenvalue weighted by molar-refractivity contribution is 0.0772. The lowest BCUT2D eigenvalue weighted by Gasteiger charge is -2.24. The summed E-state index contributed by atoms with van der Waals surface area (Å²) in [4.78, 5) is 27.9. The quantitative estimate of drug-likeness (QED) is 0.430. The van der Waals surface area contributed by atoms with Gasteiger partial charge in [0.15, 0.2) is 5.65 Å². The van der Waals surface area contributed by atoms with Gasteiger partial charge in [0.1, 0.15) is 11.6 Å². The fourth-order valence-electron chi connectivity index (χ4n) is 4.20. The standard InChI is InChI=1S/C25H28N6OS/c1-3-18(2)22-27-23(20-17-26-31(24(20)28-22)19-9-5-4-6-10-19)29-12-8-13-30(15-14-29)25(32)21-11-7-16-33-21/h4-7,9-11,16-18H,3,8,12-15H2,1-2H3/t18-/m0/s1. The Morgan fingerprint density at radius 2 is 1.91 bits per heavy atom. The van der Waals surface area contributed by atoms with Crippen LogP contribution in [0.1, 0.15) is 48.1 Å². The topological polar surface area (TPSA) is 67.2 Å². The van der Waals surface area contributed by atoms with Crippen LogP contribution in [-0.4, -0.2) is 56.7 Å². The van der Waals surface area contributed by atoms with Crippen molar-refractivity contribution in [3.05, 3.63) is 64.7 Å².